The molecule has 1 aliphatic rings. The maximum atomic E-state index is 11.6. The Bertz CT molecular complexity index is 283. The Morgan fingerprint density at radius 3 is 2.78 bits per heavy atom. The van der Waals surface area contributed by atoms with Gasteiger partial charge >= 0.3 is 12.0 Å². The molecule has 2 atom stereocenters. The molecule has 2 amide bonds. The smallest absolute Gasteiger partial charge is 0.315 e. The summed E-state index contributed by atoms with van der Waals surface area (Å²) in [4.78, 5) is 21.8. The maximum absolute atomic E-state index is 11.6. The predicted molar refractivity (Wildman–Crippen MR) is 66.5 cm³/mol. The van der Waals surface area contributed by atoms with Gasteiger partial charge in [-0.2, -0.15) is 0 Å². The average Bonchev–Trinajstić information content (AvgIpc) is 2.75. The Morgan fingerprint density at radius 1 is 1.33 bits per heavy atom. The second-order valence-electron chi connectivity index (χ2n) is 4.56. The zero-order valence-corrected chi connectivity index (χ0v) is 10.8. The molecule has 6 heteroatoms. The van der Waals surface area contributed by atoms with Gasteiger partial charge in [0.2, 0.25) is 0 Å². The van der Waals surface area contributed by atoms with E-state index in [1.165, 1.54) is 0 Å². The molecule has 0 radical (unpaired) electrons. The second kappa shape index (κ2) is 7.92. The van der Waals surface area contributed by atoms with Crippen LogP contribution in [0.2, 0.25) is 0 Å². The van der Waals surface area contributed by atoms with Crippen molar-refractivity contribution in [2.24, 2.45) is 0 Å². The first-order valence-electron chi connectivity index (χ1n) is 6.42. The number of nitrogens with one attached hydrogen (secondary N) is 2. The third-order valence-corrected chi connectivity index (χ3v) is 3.17. The van der Waals surface area contributed by atoms with Crippen molar-refractivity contribution in [3.05, 3.63) is 0 Å². The Hall–Kier alpha value is -1.30. The van der Waals surface area contributed by atoms with Gasteiger partial charge in [-0.1, -0.05) is 0 Å². The monoisotopic (exact) mass is 258 g/mol. The van der Waals surface area contributed by atoms with Crippen molar-refractivity contribution in [3.63, 3.8) is 0 Å². The van der Waals surface area contributed by atoms with Crippen molar-refractivity contribution in [3.8, 4) is 0 Å². The molecule has 0 bridgehead atoms. The van der Waals surface area contributed by atoms with E-state index >= 15 is 0 Å². The summed E-state index contributed by atoms with van der Waals surface area (Å²) in [5, 5.41) is 14.1. The highest BCUT2D eigenvalue weighted by Crippen LogP contribution is 2.21. The SMILES string of the molecule is COC1CCCC1NC(=O)NCCCCC(=O)O. The average molecular weight is 258 g/mol. The summed E-state index contributed by atoms with van der Waals surface area (Å²) in [5.41, 5.74) is 0. The zero-order valence-electron chi connectivity index (χ0n) is 10.8. The molecule has 3 N–H and O–H groups in total. The zero-order chi connectivity index (χ0) is 13.4. The van der Waals surface area contributed by atoms with Crippen molar-refractivity contribution in [2.45, 2.75) is 50.7 Å². The Balaban J connectivity index is 2.08. The normalized spacial score (nSPS) is 22.7. The second-order valence-corrected chi connectivity index (χ2v) is 4.56. The maximum Gasteiger partial charge on any atom is 0.315 e. The van der Waals surface area contributed by atoms with Crippen molar-refractivity contribution >= 4 is 12.0 Å². The highest BCUT2D eigenvalue weighted by atomic mass is 16.5. The molecule has 1 saturated carbocycles. The van der Waals surface area contributed by atoms with E-state index in [1.54, 1.807) is 7.11 Å². The molecule has 0 aromatic rings. The van der Waals surface area contributed by atoms with Crippen LogP contribution in [0.4, 0.5) is 4.79 Å². The standard InChI is InChI=1S/C12H22N2O4/c1-18-10-6-4-5-9(10)14-12(17)13-8-3-2-7-11(15)16/h9-10H,2-8H2,1H3,(H,15,16)(H2,13,14,17). The minimum absolute atomic E-state index is 0.0917. The largest absolute Gasteiger partial charge is 0.481 e. The Kier molecular flexibility index (Phi) is 6.49. The number of hydrogen-bond donors (Lipinski definition) is 3. The van der Waals surface area contributed by atoms with E-state index in [0.29, 0.717) is 19.4 Å². The van der Waals surface area contributed by atoms with E-state index in [4.69, 9.17) is 9.84 Å². The Labute approximate surface area is 107 Å². The number of aliphatic carboxylic acids is 1. The van der Waals surface area contributed by atoms with Gasteiger partial charge in [0.1, 0.15) is 0 Å². The number of urea groups is 1. The number of carboxylic acid groups (broad SMARTS) is 1. The lowest BCUT2D eigenvalue weighted by Crippen LogP contribution is -2.46. The van der Waals surface area contributed by atoms with Gasteiger partial charge in [-0.05, 0) is 32.1 Å². The highest BCUT2D eigenvalue weighted by molar-refractivity contribution is 5.74. The number of methoxy groups -OCH3 is 1. The van der Waals surface area contributed by atoms with Crippen LogP contribution < -0.4 is 10.6 Å². The molecule has 0 aliphatic heterocycles. The van der Waals surface area contributed by atoms with Gasteiger partial charge in [-0.3, -0.25) is 4.79 Å². The summed E-state index contributed by atoms with van der Waals surface area (Å²) in [6.45, 7) is 0.503. The number of amides is 2. The molecule has 0 saturated heterocycles. The quantitative estimate of drug-likeness (QED) is 0.597. The van der Waals surface area contributed by atoms with Gasteiger partial charge in [0, 0.05) is 20.1 Å². The highest BCUT2D eigenvalue weighted by Gasteiger charge is 2.28. The van der Waals surface area contributed by atoms with Crippen LogP contribution in [0.25, 0.3) is 0 Å². The van der Waals surface area contributed by atoms with Crippen LogP contribution >= 0.6 is 0 Å². The fourth-order valence-corrected chi connectivity index (χ4v) is 2.20. The predicted octanol–water partition coefficient (Wildman–Crippen LogP) is 1.11. The van der Waals surface area contributed by atoms with Gasteiger partial charge in [0.05, 0.1) is 12.1 Å². The first-order chi connectivity index (χ1) is 8.63. The van der Waals surface area contributed by atoms with Gasteiger partial charge in [0.15, 0.2) is 0 Å². The first kappa shape index (κ1) is 14.8. The number of carboxylic acids is 1. The fraction of sp³-hybridized carbons (Fsp3) is 0.833. The summed E-state index contributed by atoms with van der Waals surface area (Å²) < 4.78 is 5.29. The molecule has 2 unspecified atom stereocenters. The number of carbonyl (C=O) groups excluding carboxylic acids is 1. The Morgan fingerprint density at radius 2 is 2.11 bits per heavy atom. The van der Waals surface area contributed by atoms with Crippen LogP contribution in [0, 0.1) is 0 Å². The molecule has 0 heterocycles. The van der Waals surface area contributed by atoms with Crippen molar-refractivity contribution in [1.82, 2.24) is 10.6 Å². The molecular weight excluding hydrogens is 236 g/mol. The molecule has 1 aliphatic carbocycles. The van der Waals surface area contributed by atoms with E-state index in [0.717, 1.165) is 19.3 Å². The molecular formula is C12H22N2O4. The van der Waals surface area contributed by atoms with Crippen LogP contribution in [0.3, 0.4) is 0 Å². The van der Waals surface area contributed by atoms with Crippen LogP contribution in [0.15, 0.2) is 0 Å². The van der Waals surface area contributed by atoms with Crippen molar-refractivity contribution in [1.29, 1.82) is 0 Å². The fourth-order valence-electron chi connectivity index (χ4n) is 2.20. The summed E-state index contributed by atoms with van der Waals surface area (Å²) in [6, 6.07) is -0.103. The summed E-state index contributed by atoms with van der Waals surface area (Å²) in [5.74, 6) is -0.798. The van der Waals surface area contributed by atoms with Crippen molar-refractivity contribution in [2.75, 3.05) is 13.7 Å². The molecule has 18 heavy (non-hydrogen) atoms. The van der Waals surface area contributed by atoms with Crippen molar-refractivity contribution < 1.29 is 19.4 Å². The molecule has 6 nitrogen and oxygen atoms in total. The van der Waals surface area contributed by atoms with Gasteiger partial charge in [-0.15, -0.1) is 0 Å². The van der Waals surface area contributed by atoms with E-state index in [2.05, 4.69) is 10.6 Å². The number of unbranched alkanes of at least 4 members (excludes halogenated alkanes) is 1. The summed E-state index contributed by atoms with van der Waals surface area (Å²) in [7, 11) is 1.66. The van der Waals surface area contributed by atoms with Crippen LogP contribution in [-0.2, 0) is 9.53 Å². The molecule has 0 aromatic heterocycles. The topological polar surface area (TPSA) is 87.7 Å². The number of hydrogen-bond acceptors (Lipinski definition) is 3. The van der Waals surface area contributed by atoms with E-state index < -0.39 is 5.97 Å². The number of carbonyl (C=O) groups is 2. The van der Waals surface area contributed by atoms with Crippen LogP contribution in [-0.4, -0.2) is 42.9 Å². The van der Waals surface area contributed by atoms with Crippen LogP contribution in [0.5, 0.6) is 0 Å². The third-order valence-electron chi connectivity index (χ3n) is 3.17. The summed E-state index contributed by atoms with van der Waals surface area (Å²) >= 11 is 0. The van der Waals surface area contributed by atoms with Gasteiger partial charge < -0.3 is 20.5 Å². The van der Waals surface area contributed by atoms with Crippen LogP contribution in [0.1, 0.15) is 38.5 Å². The lowest BCUT2D eigenvalue weighted by atomic mass is 10.2. The van der Waals surface area contributed by atoms with E-state index in [9.17, 15) is 9.59 Å². The lowest BCUT2D eigenvalue weighted by Gasteiger charge is -2.19. The first-order valence-corrected chi connectivity index (χ1v) is 6.42. The number of rotatable bonds is 7. The molecule has 1 fully saturated rings. The van der Waals surface area contributed by atoms with Gasteiger partial charge in [-0.25, -0.2) is 4.79 Å². The van der Waals surface area contributed by atoms with Gasteiger partial charge in [0.25, 0.3) is 0 Å². The molecule has 104 valence electrons. The molecule has 0 spiro atoms. The summed E-state index contributed by atoms with van der Waals surface area (Å²) in [6.07, 6.45) is 4.53. The minimum atomic E-state index is -0.798. The van der Waals surface area contributed by atoms with E-state index in [-0.39, 0.29) is 24.6 Å². The number of ether oxygens (including phenoxy) is 1. The molecule has 1 rings (SSSR count). The lowest BCUT2D eigenvalue weighted by molar-refractivity contribution is -0.137. The molecule has 0 aromatic carbocycles. The van der Waals surface area contributed by atoms with E-state index in [1.807, 2.05) is 0 Å². The minimum Gasteiger partial charge on any atom is -0.481 e. The third kappa shape index (κ3) is 5.35.